The van der Waals surface area contributed by atoms with Crippen molar-refractivity contribution in [3.05, 3.63) is 71.7 Å². The molecule has 1 aliphatic heterocycles. The Kier molecular flexibility index (Phi) is 5.78. The summed E-state index contributed by atoms with van der Waals surface area (Å²) in [7, 11) is 0. The summed E-state index contributed by atoms with van der Waals surface area (Å²) in [5, 5.41) is 13.1. The van der Waals surface area contributed by atoms with E-state index in [9.17, 15) is 0 Å². The zero-order chi connectivity index (χ0) is 20.2. The van der Waals surface area contributed by atoms with Crippen molar-refractivity contribution >= 4 is 29.0 Å². The Bertz CT molecular complexity index is 1090. The van der Waals surface area contributed by atoms with Gasteiger partial charge in [-0.2, -0.15) is 0 Å². The second-order valence-corrected chi connectivity index (χ2v) is 8.65. The second-order valence-electron chi connectivity index (χ2n) is 6.85. The molecule has 2 aromatic heterocycles. The van der Waals surface area contributed by atoms with E-state index in [4.69, 9.17) is 9.72 Å². The Morgan fingerprint density at radius 3 is 2.43 bits per heavy atom. The van der Waals surface area contributed by atoms with Crippen LogP contribution >= 0.6 is 23.1 Å². The molecule has 5 rings (SSSR count). The molecule has 152 valence electrons. The highest BCUT2D eigenvalue weighted by Gasteiger charge is 2.22. The summed E-state index contributed by atoms with van der Waals surface area (Å²) < 4.78 is 7.65. The predicted octanol–water partition coefficient (Wildman–Crippen LogP) is 4.52. The standard InChI is InChI=1S/C22H21N5OS2/c1-3-7-17(8-4-1)20-23-18(15-29-20)16-30-22-25-24-21(26-11-13-28-14-12-26)27(22)19-9-5-2-6-10-19/h1-10,15H,11-14,16H2. The average molecular weight is 436 g/mol. The number of hydrogen-bond acceptors (Lipinski definition) is 7. The summed E-state index contributed by atoms with van der Waals surface area (Å²) in [5.41, 5.74) is 3.27. The maximum absolute atomic E-state index is 5.51. The van der Waals surface area contributed by atoms with Gasteiger partial charge in [0.1, 0.15) is 5.01 Å². The third kappa shape index (κ3) is 4.12. The fourth-order valence-corrected chi connectivity index (χ4v) is 5.12. The summed E-state index contributed by atoms with van der Waals surface area (Å²) in [6.45, 7) is 3.07. The van der Waals surface area contributed by atoms with E-state index in [-0.39, 0.29) is 0 Å². The predicted molar refractivity (Wildman–Crippen MR) is 122 cm³/mol. The minimum absolute atomic E-state index is 0.714. The van der Waals surface area contributed by atoms with Crippen LogP contribution in [0.15, 0.2) is 71.2 Å². The number of thiazole rings is 1. The number of hydrogen-bond donors (Lipinski definition) is 0. The van der Waals surface area contributed by atoms with Gasteiger partial charge in [0.2, 0.25) is 5.95 Å². The Morgan fingerprint density at radius 1 is 0.933 bits per heavy atom. The highest BCUT2D eigenvalue weighted by molar-refractivity contribution is 7.98. The first-order chi connectivity index (χ1) is 14.9. The summed E-state index contributed by atoms with van der Waals surface area (Å²) in [6.07, 6.45) is 0. The molecule has 2 aromatic carbocycles. The molecule has 0 spiro atoms. The molecule has 0 amide bonds. The van der Waals surface area contributed by atoms with Gasteiger partial charge in [-0.1, -0.05) is 60.3 Å². The minimum Gasteiger partial charge on any atom is -0.378 e. The third-order valence-electron chi connectivity index (χ3n) is 4.85. The number of aromatic nitrogens is 4. The number of anilines is 1. The summed E-state index contributed by atoms with van der Waals surface area (Å²) in [6, 6.07) is 20.6. The lowest BCUT2D eigenvalue weighted by Gasteiger charge is -2.27. The average Bonchev–Trinajstić information content (AvgIpc) is 3.47. The normalized spacial score (nSPS) is 14.2. The van der Waals surface area contributed by atoms with Crippen LogP contribution in [-0.2, 0) is 10.5 Å². The van der Waals surface area contributed by atoms with Crippen LogP contribution in [0.5, 0.6) is 0 Å². The Labute approximate surface area is 183 Å². The molecule has 0 radical (unpaired) electrons. The van der Waals surface area contributed by atoms with Gasteiger partial charge >= 0.3 is 0 Å². The van der Waals surface area contributed by atoms with Gasteiger partial charge in [-0.05, 0) is 12.1 Å². The van der Waals surface area contributed by atoms with E-state index in [1.54, 1.807) is 23.1 Å². The number of thioether (sulfide) groups is 1. The van der Waals surface area contributed by atoms with Gasteiger partial charge in [0.15, 0.2) is 5.16 Å². The zero-order valence-corrected chi connectivity index (χ0v) is 18.0. The van der Waals surface area contributed by atoms with Crippen LogP contribution in [-0.4, -0.2) is 46.1 Å². The van der Waals surface area contributed by atoms with Crippen LogP contribution in [0.2, 0.25) is 0 Å². The number of rotatable bonds is 6. The molecule has 0 saturated carbocycles. The largest absolute Gasteiger partial charge is 0.378 e. The van der Waals surface area contributed by atoms with E-state index >= 15 is 0 Å². The van der Waals surface area contributed by atoms with Gasteiger partial charge in [-0.15, -0.1) is 21.5 Å². The lowest BCUT2D eigenvalue weighted by Crippen LogP contribution is -2.37. The number of para-hydroxylation sites is 1. The van der Waals surface area contributed by atoms with Crippen molar-refractivity contribution in [2.45, 2.75) is 10.9 Å². The van der Waals surface area contributed by atoms with Crippen LogP contribution in [0.3, 0.4) is 0 Å². The molecule has 1 aliphatic rings. The highest BCUT2D eigenvalue weighted by atomic mass is 32.2. The number of nitrogens with zero attached hydrogens (tertiary/aromatic N) is 5. The van der Waals surface area contributed by atoms with Gasteiger partial charge in [0.25, 0.3) is 0 Å². The third-order valence-corrected chi connectivity index (χ3v) is 6.75. The molecular formula is C22H21N5OS2. The van der Waals surface area contributed by atoms with E-state index in [1.807, 2.05) is 36.4 Å². The number of benzene rings is 2. The Morgan fingerprint density at radius 2 is 1.67 bits per heavy atom. The molecule has 1 fully saturated rings. The number of ether oxygens (including phenoxy) is 1. The van der Waals surface area contributed by atoms with Crippen molar-refractivity contribution in [1.29, 1.82) is 0 Å². The van der Waals surface area contributed by atoms with Gasteiger partial charge in [-0.3, -0.25) is 4.57 Å². The van der Waals surface area contributed by atoms with Crippen LogP contribution in [0.1, 0.15) is 5.69 Å². The maximum Gasteiger partial charge on any atom is 0.232 e. The van der Waals surface area contributed by atoms with Gasteiger partial charge < -0.3 is 9.64 Å². The van der Waals surface area contributed by atoms with E-state index < -0.39 is 0 Å². The quantitative estimate of drug-likeness (QED) is 0.415. The molecule has 0 N–H and O–H groups in total. The van der Waals surface area contributed by atoms with E-state index in [0.717, 1.165) is 51.9 Å². The summed E-state index contributed by atoms with van der Waals surface area (Å²) in [5.74, 6) is 1.62. The second kappa shape index (κ2) is 8.99. The van der Waals surface area contributed by atoms with Crippen molar-refractivity contribution in [2.75, 3.05) is 31.2 Å². The van der Waals surface area contributed by atoms with Gasteiger partial charge in [0, 0.05) is 29.8 Å². The first-order valence-corrected chi connectivity index (χ1v) is 11.7. The lowest BCUT2D eigenvalue weighted by molar-refractivity contribution is 0.122. The van der Waals surface area contributed by atoms with Gasteiger partial charge in [0.05, 0.1) is 24.6 Å². The molecule has 6 nitrogen and oxygen atoms in total. The zero-order valence-electron chi connectivity index (χ0n) is 16.3. The Balaban J connectivity index is 1.39. The van der Waals surface area contributed by atoms with Crippen molar-refractivity contribution in [2.24, 2.45) is 0 Å². The maximum atomic E-state index is 5.51. The molecule has 8 heteroatoms. The number of morpholine rings is 1. The smallest absolute Gasteiger partial charge is 0.232 e. The first-order valence-electron chi connectivity index (χ1n) is 9.84. The fraction of sp³-hybridized carbons (Fsp3) is 0.227. The van der Waals surface area contributed by atoms with Crippen LogP contribution in [0.25, 0.3) is 16.3 Å². The SMILES string of the molecule is c1ccc(-c2nc(CSc3nnc(N4CCOCC4)n3-c3ccccc3)cs2)cc1. The fourth-order valence-electron chi connectivity index (χ4n) is 3.35. The highest BCUT2D eigenvalue weighted by Crippen LogP contribution is 2.31. The molecule has 4 aromatic rings. The van der Waals surface area contributed by atoms with E-state index in [0.29, 0.717) is 13.2 Å². The van der Waals surface area contributed by atoms with Gasteiger partial charge in [-0.25, -0.2) is 4.98 Å². The van der Waals surface area contributed by atoms with Crippen molar-refractivity contribution in [3.8, 4) is 16.3 Å². The lowest BCUT2D eigenvalue weighted by atomic mass is 10.2. The molecule has 0 aliphatic carbocycles. The van der Waals surface area contributed by atoms with Crippen LogP contribution in [0.4, 0.5) is 5.95 Å². The Hall–Kier alpha value is -2.68. The van der Waals surface area contributed by atoms with E-state index in [1.165, 1.54) is 0 Å². The summed E-state index contributed by atoms with van der Waals surface area (Å²) >= 11 is 3.34. The molecule has 30 heavy (non-hydrogen) atoms. The van der Waals surface area contributed by atoms with Crippen molar-refractivity contribution in [3.63, 3.8) is 0 Å². The monoisotopic (exact) mass is 435 g/mol. The van der Waals surface area contributed by atoms with Crippen molar-refractivity contribution in [1.82, 2.24) is 19.7 Å². The van der Waals surface area contributed by atoms with Crippen molar-refractivity contribution < 1.29 is 4.74 Å². The molecule has 3 heterocycles. The topological polar surface area (TPSA) is 56.1 Å². The molecule has 0 bridgehead atoms. The van der Waals surface area contributed by atoms with Crippen LogP contribution < -0.4 is 4.90 Å². The molecule has 0 unspecified atom stereocenters. The molecule has 1 saturated heterocycles. The first kappa shape index (κ1) is 19.3. The minimum atomic E-state index is 0.714. The van der Waals surface area contributed by atoms with Crippen LogP contribution in [0, 0.1) is 0 Å². The molecule has 0 atom stereocenters. The molecular weight excluding hydrogens is 414 g/mol. The van der Waals surface area contributed by atoms with E-state index in [2.05, 4.69) is 49.3 Å². The summed E-state index contributed by atoms with van der Waals surface area (Å²) in [4.78, 5) is 7.05.